The summed E-state index contributed by atoms with van der Waals surface area (Å²) in [6, 6.07) is -0.138. The minimum absolute atomic E-state index is 0. The molecule has 72 valence electrons. The van der Waals surface area contributed by atoms with Crippen LogP contribution in [0.15, 0.2) is 0 Å². The van der Waals surface area contributed by atoms with E-state index in [1.807, 2.05) is 6.92 Å². The summed E-state index contributed by atoms with van der Waals surface area (Å²) in [4.78, 5) is 0. The van der Waals surface area contributed by atoms with Crippen LogP contribution in [0.1, 0.15) is 32.6 Å². The fraction of sp³-hybridized carbons (Fsp3) is 1.00. The van der Waals surface area contributed by atoms with Crippen molar-refractivity contribution in [1.82, 2.24) is 4.72 Å². The van der Waals surface area contributed by atoms with E-state index in [1.54, 1.807) is 0 Å². The fourth-order valence-electron chi connectivity index (χ4n) is 1.68. The minimum Gasteiger partial charge on any atom is -0.735 e. The maximum atomic E-state index is 10.4. The van der Waals surface area contributed by atoms with Gasteiger partial charge in [0.2, 0.25) is 0 Å². The Hall–Kier alpha value is 0.870. The van der Waals surface area contributed by atoms with Gasteiger partial charge in [0, 0.05) is 6.04 Å². The van der Waals surface area contributed by atoms with Crippen LogP contribution < -0.4 is 34.3 Å². The Bertz CT molecular complexity index is 242. The average Bonchev–Trinajstić information content (AvgIpc) is 1.91. The zero-order valence-corrected chi connectivity index (χ0v) is 10.9. The van der Waals surface area contributed by atoms with E-state index in [2.05, 4.69) is 4.72 Å². The summed E-state index contributed by atoms with van der Waals surface area (Å²) in [5.74, 6) is 0.294. The fourth-order valence-corrected chi connectivity index (χ4v) is 2.40. The van der Waals surface area contributed by atoms with Gasteiger partial charge in [-0.15, -0.1) is 0 Å². The summed E-state index contributed by atoms with van der Waals surface area (Å²) in [7, 11) is -4.26. The van der Waals surface area contributed by atoms with Gasteiger partial charge in [-0.05, 0) is 18.8 Å². The van der Waals surface area contributed by atoms with Crippen LogP contribution in [-0.4, -0.2) is 19.0 Å². The van der Waals surface area contributed by atoms with Gasteiger partial charge < -0.3 is 4.55 Å². The maximum absolute atomic E-state index is 10.4. The Morgan fingerprint density at radius 3 is 2.31 bits per heavy atom. The molecule has 0 aliphatic heterocycles. The molecule has 0 amide bonds. The third-order valence-electron chi connectivity index (χ3n) is 2.41. The smallest absolute Gasteiger partial charge is 0.735 e. The van der Waals surface area contributed by atoms with Gasteiger partial charge in [0.15, 0.2) is 10.3 Å². The van der Waals surface area contributed by atoms with Gasteiger partial charge in [0.05, 0.1) is 0 Å². The standard InChI is InChI=1S/C7H15NO3S.Na/c1-6-4-2-3-5-7(6)8-12(9,10)11;/h6-8H,2-5H2,1H3,(H,9,10,11);/q;+1/p-1/t6-,7+;/m0./s1. The third-order valence-corrected chi connectivity index (χ3v) is 3.00. The molecular formula is C7H14NNaO3S. The van der Waals surface area contributed by atoms with Crippen LogP contribution in [0.5, 0.6) is 0 Å². The first-order valence-corrected chi connectivity index (χ1v) is 5.63. The van der Waals surface area contributed by atoms with Crippen LogP contribution in [0.4, 0.5) is 0 Å². The average molecular weight is 215 g/mol. The monoisotopic (exact) mass is 215 g/mol. The van der Waals surface area contributed by atoms with Gasteiger partial charge in [-0.3, -0.25) is 0 Å². The number of hydrogen-bond acceptors (Lipinski definition) is 3. The zero-order valence-electron chi connectivity index (χ0n) is 8.12. The van der Waals surface area contributed by atoms with Crippen LogP contribution in [0.25, 0.3) is 0 Å². The Labute approximate surface area is 102 Å². The second-order valence-corrected chi connectivity index (χ2v) is 4.58. The van der Waals surface area contributed by atoms with E-state index in [-0.39, 0.29) is 35.6 Å². The van der Waals surface area contributed by atoms with Crippen LogP contribution in [0, 0.1) is 5.92 Å². The van der Waals surface area contributed by atoms with E-state index in [1.165, 1.54) is 0 Å². The van der Waals surface area contributed by atoms with Crippen molar-refractivity contribution >= 4 is 10.3 Å². The number of hydrogen-bond donors (Lipinski definition) is 1. The molecule has 0 bridgehead atoms. The molecule has 1 fully saturated rings. The van der Waals surface area contributed by atoms with Crippen molar-refractivity contribution in [2.45, 2.75) is 38.6 Å². The summed E-state index contributed by atoms with van der Waals surface area (Å²) < 4.78 is 33.3. The Morgan fingerprint density at radius 1 is 1.31 bits per heavy atom. The molecule has 1 aliphatic rings. The molecule has 0 aromatic heterocycles. The van der Waals surface area contributed by atoms with Crippen LogP contribution in [0.3, 0.4) is 0 Å². The summed E-state index contributed by atoms with van der Waals surface area (Å²) in [5.41, 5.74) is 0. The van der Waals surface area contributed by atoms with Crippen molar-refractivity contribution in [3.63, 3.8) is 0 Å². The van der Waals surface area contributed by atoms with Crippen molar-refractivity contribution in [2.75, 3.05) is 0 Å². The van der Waals surface area contributed by atoms with E-state index in [4.69, 9.17) is 0 Å². The second-order valence-electron chi connectivity index (χ2n) is 3.44. The molecule has 0 radical (unpaired) electrons. The van der Waals surface area contributed by atoms with Crippen molar-refractivity contribution < 1.29 is 42.5 Å². The molecule has 0 heterocycles. The number of nitrogens with one attached hydrogen (secondary N) is 1. The molecule has 4 nitrogen and oxygen atoms in total. The molecule has 1 N–H and O–H groups in total. The van der Waals surface area contributed by atoms with Crippen LogP contribution >= 0.6 is 0 Å². The summed E-state index contributed by atoms with van der Waals surface area (Å²) in [5, 5.41) is 0. The molecule has 1 saturated carbocycles. The minimum atomic E-state index is -4.26. The second kappa shape index (κ2) is 5.68. The van der Waals surface area contributed by atoms with E-state index < -0.39 is 10.3 Å². The zero-order chi connectivity index (χ0) is 9.19. The van der Waals surface area contributed by atoms with Crippen molar-refractivity contribution in [3.8, 4) is 0 Å². The van der Waals surface area contributed by atoms with Crippen molar-refractivity contribution in [1.29, 1.82) is 0 Å². The molecule has 0 aromatic rings. The molecule has 1 rings (SSSR count). The summed E-state index contributed by atoms with van der Waals surface area (Å²) >= 11 is 0. The van der Waals surface area contributed by atoms with Gasteiger partial charge in [0.25, 0.3) is 0 Å². The van der Waals surface area contributed by atoms with Gasteiger partial charge >= 0.3 is 29.6 Å². The Morgan fingerprint density at radius 2 is 1.85 bits per heavy atom. The molecule has 0 unspecified atom stereocenters. The Balaban J connectivity index is 0.00000144. The largest absolute Gasteiger partial charge is 1.00 e. The van der Waals surface area contributed by atoms with Crippen LogP contribution in [-0.2, 0) is 10.3 Å². The predicted molar refractivity (Wildman–Crippen MR) is 44.3 cm³/mol. The SMILES string of the molecule is C[C@H]1CCCC[C@H]1NS(=O)(=O)[O-].[Na+]. The van der Waals surface area contributed by atoms with Crippen molar-refractivity contribution in [3.05, 3.63) is 0 Å². The summed E-state index contributed by atoms with van der Waals surface area (Å²) in [6.45, 7) is 1.97. The molecule has 1 aliphatic carbocycles. The van der Waals surface area contributed by atoms with Gasteiger partial charge in [-0.2, -0.15) is 0 Å². The molecule has 0 spiro atoms. The third kappa shape index (κ3) is 5.34. The molecule has 0 saturated heterocycles. The van der Waals surface area contributed by atoms with E-state index in [9.17, 15) is 13.0 Å². The van der Waals surface area contributed by atoms with Gasteiger partial charge in [0.1, 0.15) is 0 Å². The van der Waals surface area contributed by atoms with Gasteiger partial charge in [-0.1, -0.05) is 19.8 Å². The molecule has 0 aromatic carbocycles. The van der Waals surface area contributed by atoms with Crippen molar-refractivity contribution in [2.24, 2.45) is 5.92 Å². The quantitative estimate of drug-likeness (QED) is 0.413. The first kappa shape index (κ1) is 13.9. The molecule has 6 heteroatoms. The molecular weight excluding hydrogens is 201 g/mol. The van der Waals surface area contributed by atoms with E-state index in [0.29, 0.717) is 5.92 Å². The Kier molecular flexibility index (Phi) is 6.06. The van der Waals surface area contributed by atoms with Crippen LogP contribution in [0.2, 0.25) is 0 Å². The normalized spacial score (nSPS) is 29.4. The molecule has 2 atom stereocenters. The first-order valence-electron chi connectivity index (χ1n) is 4.22. The van der Waals surface area contributed by atoms with E-state index >= 15 is 0 Å². The topological polar surface area (TPSA) is 69.2 Å². The summed E-state index contributed by atoms with van der Waals surface area (Å²) in [6.07, 6.45) is 3.95. The van der Waals surface area contributed by atoms with E-state index in [0.717, 1.165) is 25.7 Å². The molecule has 13 heavy (non-hydrogen) atoms. The maximum Gasteiger partial charge on any atom is 1.00 e. The number of rotatable bonds is 2. The predicted octanol–water partition coefficient (Wildman–Crippen LogP) is -2.38. The first-order chi connectivity index (χ1) is 5.49. The van der Waals surface area contributed by atoms with Gasteiger partial charge in [-0.25, -0.2) is 13.1 Å².